The lowest BCUT2D eigenvalue weighted by atomic mass is 9.98. The molecule has 0 amide bonds. The number of carbonyl (C=O) groups is 4. The van der Waals surface area contributed by atoms with Crippen LogP contribution in [0.2, 0.25) is 0 Å². The van der Waals surface area contributed by atoms with Crippen molar-refractivity contribution in [2.45, 2.75) is 62.2 Å². The largest absolute Gasteiger partial charge is 0.463 e. The standard InChI is InChI=1S/C16H20Cl3NO10/c1-6(21)25-5-10-11(26-7(2)22)12(27-8(3)23)13(28-9(4)24)14(29-10)30-15(20)16(17,18)19/h10-14,20H,5H2,1-4H3/t10-,11+,12-,13-,14-/m0/s1. The molecule has 1 saturated heterocycles. The molecule has 14 heteroatoms. The summed E-state index contributed by atoms with van der Waals surface area (Å²) in [6.45, 7) is 3.86. The number of hydrogen-bond donors (Lipinski definition) is 1. The molecule has 30 heavy (non-hydrogen) atoms. The van der Waals surface area contributed by atoms with Crippen LogP contribution in [-0.2, 0) is 47.6 Å². The van der Waals surface area contributed by atoms with Crippen LogP contribution in [0.1, 0.15) is 27.7 Å². The zero-order valence-electron chi connectivity index (χ0n) is 16.3. The van der Waals surface area contributed by atoms with E-state index in [4.69, 9.17) is 68.6 Å². The molecular weight excluding hydrogens is 473 g/mol. The first-order valence-corrected chi connectivity index (χ1v) is 9.48. The normalized spacial score (nSPS) is 26.2. The summed E-state index contributed by atoms with van der Waals surface area (Å²) in [5.41, 5.74) is 0. The van der Waals surface area contributed by atoms with Gasteiger partial charge in [-0.3, -0.25) is 24.6 Å². The molecule has 1 heterocycles. The van der Waals surface area contributed by atoms with Crippen LogP contribution >= 0.6 is 34.8 Å². The summed E-state index contributed by atoms with van der Waals surface area (Å²) >= 11 is 16.8. The molecule has 0 radical (unpaired) electrons. The van der Waals surface area contributed by atoms with Gasteiger partial charge in [-0.25, -0.2) is 0 Å². The van der Waals surface area contributed by atoms with E-state index in [1.165, 1.54) is 0 Å². The highest BCUT2D eigenvalue weighted by Gasteiger charge is 2.54. The van der Waals surface area contributed by atoms with Gasteiger partial charge in [0.2, 0.25) is 18.3 Å². The quantitative estimate of drug-likeness (QED) is 0.190. The molecule has 0 aromatic rings. The molecule has 0 aromatic heterocycles. The molecule has 170 valence electrons. The molecule has 0 aromatic carbocycles. The van der Waals surface area contributed by atoms with Crippen LogP contribution in [-0.4, -0.2) is 70.9 Å². The molecule has 0 unspecified atom stereocenters. The Hall–Kier alpha value is -1.82. The van der Waals surface area contributed by atoms with Crippen molar-refractivity contribution in [3.8, 4) is 0 Å². The molecule has 1 N–H and O–H groups in total. The van der Waals surface area contributed by atoms with Crippen molar-refractivity contribution in [1.82, 2.24) is 0 Å². The lowest BCUT2D eigenvalue weighted by molar-refractivity contribution is -0.292. The molecule has 0 aliphatic carbocycles. The maximum Gasteiger partial charge on any atom is 0.303 e. The van der Waals surface area contributed by atoms with E-state index in [0.717, 1.165) is 27.7 Å². The van der Waals surface area contributed by atoms with Gasteiger partial charge in [-0.15, -0.1) is 0 Å². The van der Waals surface area contributed by atoms with Crippen LogP contribution in [0.25, 0.3) is 0 Å². The second-order valence-electron chi connectivity index (χ2n) is 6.01. The minimum Gasteiger partial charge on any atom is -0.463 e. The number of carbonyl (C=O) groups excluding carboxylic acids is 4. The number of alkyl halides is 3. The van der Waals surface area contributed by atoms with Crippen LogP contribution in [0.15, 0.2) is 0 Å². The molecule has 1 aliphatic rings. The minimum atomic E-state index is -2.29. The molecule has 0 bridgehead atoms. The molecule has 1 fully saturated rings. The van der Waals surface area contributed by atoms with Gasteiger partial charge in [0.1, 0.15) is 12.7 Å². The molecule has 0 saturated carbocycles. The van der Waals surface area contributed by atoms with E-state index in [-0.39, 0.29) is 0 Å². The second kappa shape index (κ2) is 11.0. The van der Waals surface area contributed by atoms with E-state index in [9.17, 15) is 19.2 Å². The molecular formula is C16H20Cl3NO10. The molecule has 5 atom stereocenters. The summed E-state index contributed by atoms with van der Waals surface area (Å²) in [4.78, 5) is 46.1. The first-order chi connectivity index (χ1) is 13.7. The van der Waals surface area contributed by atoms with Crippen LogP contribution in [0, 0.1) is 5.41 Å². The number of rotatable bonds is 6. The average molecular weight is 493 g/mol. The van der Waals surface area contributed by atoms with E-state index in [1.54, 1.807) is 0 Å². The predicted molar refractivity (Wildman–Crippen MR) is 101 cm³/mol. The van der Waals surface area contributed by atoms with Gasteiger partial charge in [0.05, 0.1) is 0 Å². The monoisotopic (exact) mass is 491 g/mol. The molecule has 0 spiro atoms. The van der Waals surface area contributed by atoms with Crippen LogP contribution in [0.4, 0.5) is 0 Å². The summed E-state index contributed by atoms with van der Waals surface area (Å²) in [5, 5.41) is 7.74. The van der Waals surface area contributed by atoms with E-state index >= 15 is 0 Å². The van der Waals surface area contributed by atoms with E-state index in [2.05, 4.69) is 0 Å². The summed E-state index contributed by atoms with van der Waals surface area (Å²) in [7, 11) is 0. The van der Waals surface area contributed by atoms with Crippen molar-refractivity contribution < 1.29 is 47.6 Å². The van der Waals surface area contributed by atoms with Gasteiger partial charge in [0.15, 0.2) is 12.2 Å². The van der Waals surface area contributed by atoms with Crippen molar-refractivity contribution in [2.75, 3.05) is 6.61 Å². The van der Waals surface area contributed by atoms with Crippen molar-refractivity contribution >= 4 is 64.6 Å². The third-order valence-corrected chi connectivity index (χ3v) is 3.95. The minimum absolute atomic E-state index is 0.460. The number of nitrogens with one attached hydrogen (secondary N) is 1. The smallest absolute Gasteiger partial charge is 0.303 e. The Morgan fingerprint density at radius 2 is 1.27 bits per heavy atom. The van der Waals surface area contributed by atoms with E-state index in [1.807, 2.05) is 0 Å². The zero-order chi connectivity index (χ0) is 23.2. The Morgan fingerprint density at radius 1 is 0.800 bits per heavy atom. The first-order valence-electron chi connectivity index (χ1n) is 8.35. The number of esters is 4. The van der Waals surface area contributed by atoms with Crippen LogP contribution in [0.5, 0.6) is 0 Å². The van der Waals surface area contributed by atoms with E-state index < -0.39 is 70.9 Å². The van der Waals surface area contributed by atoms with Gasteiger partial charge in [-0.2, -0.15) is 0 Å². The lowest BCUT2D eigenvalue weighted by Gasteiger charge is -2.44. The third kappa shape index (κ3) is 8.13. The molecule has 11 nitrogen and oxygen atoms in total. The predicted octanol–water partition coefficient (Wildman–Crippen LogP) is 1.43. The Balaban J connectivity index is 3.37. The summed E-state index contributed by atoms with van der Waals surface area (Å²) < 4.78 is 28.9. The van der Waals surface area contributed by atoms with Gasteiger partial charge in [0.25, 0.3) is 3.79 Å². The zero-order valence-corrected chi connectivity index (χ0v) is 18.6. The highest BCUT2D eigenvalue weighted by atomic mass is 35.6. The Kier molecular flexibility index (Phi) is 9.60. The van der Waals surface area contributed by atoms with Crippen molar-refractivity contribution in [2.24, 2.45) is 0 Å². The number of ether oxygens (including phenoxy) is 6. The average Bonchev–Trinajstić information content (AvgIpc) is 2.56. The van der Waals surface area contributed by atoms with E-state index in [0.29, 0.717) is 0 Å². The second-order valence-corrected chi connectivity index (χ2v) is 8.29. The topological polar surface area (TPSA) is 148 Å². The highest BCUT2D eigenvalue weighted by molar-refractivity contribution is 6.76. The van der Waals surface area contributed by atoms with Crippen LogP contribution < -0.4 is 0 Å². The van der Waals surface area contributed by atoms with Gasteiger partial charge >= 0.3 is 23.9 Å². The lowest BCUT2D eigenvalue weighted by Crippen LogP contribution is -2.63. The molecule has 1 rings (SSSR count). The van der Waals surface area contributed by atoms with Crippen molar-refractivity contribution in [3.63, 3.8) is 0 Å². The summed E-state index contributed by atoms with van der Waals surface area (Å²) in [6.07, 6.45) is -7.25. The summed E-state index contributed by atoms with van der Waals surface area (Å²) in [5.74, 6) is -4.03. The Labute approximate surface area is 186 Å². The first kappa shape index (κ1) is 26.2. The third-order valence-electron chi connectivity index (χ3n) is 3.44. The maximum atomic E-state index is 11.7. The molecule has 1 aliphatic heterocycles. The van der Waals surface area contributed by atoms with Crippen molar-refractivity contribution in [3.05, 3.63) is 0 Å². The fourth-order valence-electron chi connectivity index (χ4n) is 2.47. The Bertz CT molecular complexity index is 695. The van der Waals surface area contributed by atoms with Gasteiger partial charge in [-0.05, 0) is 0 Å². The van der Waals surface area contributed by atoms with Gasteiger partial charge in [0, 0.05) is 27.7 Å². The number of hydrogen-bond acceptors (Lipinski definition) is 11. The maximum absolute atomic E-state index is 11.7. The SMILES string of the molecule is CC(=O)OC[C@@H]1O[C@@H](OC(=N)C(Cl)(Cl)Cl)[C@@H](OC(C)=O)[C@@H](OC(C)=O)[C@@H]1OC(C)=O. The fourth-order valence-corrected chi connectivity index (χ4v) is 2.60. The highest BCUT2D eigenvalue weighted by Crippen LogP contribution is 2.33. The summed E-state index contributed by atoms with van der Waals surface area (Å²) in [6, 6.07) is 0. The van der Waals surface area contributed by atoms with Crippen LogP contribution in [0.3, 0.4) is 0 Å². The van der Waals surface area contributed by atoms with Gasteiger partial charge in [-0.1, -0.05) is 34.8 Å². The fraction of sp³-hybridized carbons (Fsp3) is 0.688. The van der Waals surface area contributed by atoms with Gasteiger partial charge < -0.3 is 28.4 Å². The number of halogens is 3. The van der Waals surface area contributed by atoms with Crippen molar-refractivity contribution in [1.29, 1.82) is 5.41 Å². The Morgan fingerprint density at radius 3 is 1.70 bits per heavy atom.